The third-order valence-corrected chi connectivity index (χ3v) is 7.39. The van der Waals surface area contributed by atoms with Crippen LogP contribution in [0.5, 0.6) is 0 Å². The van der Waals surface area contributed by atoms with Gasteiger partial charge in [0.15, 0.2) is 22.5 Å². The lowest BCUT2D eigenvalue weighted by molar-refractivity contribution is 0.0593. The molecule has 1 aromatic heterocycles. The molecule has 0 saturated carbocycles. The summed E-state index contributed by atoms with van der Waals surface area (Å²) in [6, 6.07) is 9.10. The van der Waals surface area contributed by atoms with Gasteiger partial charge < -0.3 is 15.4 Å². The number of methoxy groups -OCH3 is 1. The third-order valence-electron chi connectivity index (χ3n) is 6.89. The fourth-order valence-electron chi connectivity index (χ4n) is 5.03. The van der Waals surface area contributed by atoms with Gasteiger partial charge in [0.05, 0.1) is 7.11 Å². The second-order valence-electron chi connectivity index (χ2n) is 8.94. The summed E-state index contributed by atoms with van der Waals surface area (Å²) in [5.74, 6) is -0.0744. The number of aromatic nitrogens is 2. The van der Waals surface area contributed by atoms with Crippen molar-refractivity contribution in [2.24, 2.45) is 0 Å². The fraction of sp³-hybridized carbons (Fsp3) is 0.542. The number of carbonyl (C=O) groups excluding carboxylic acids is 1. The number of nitrogen functional groups attached to an aromatic ring is 1. The average molecular weight is 507 g/mol. The molecule has 0 amide bonds. The second-order valence-corrected chi connectivity index (χ2v) is 9.74. The maximum Gasteiger partial charge on any atom is 0.360 e. The summed E-state index contributed by atoms with van der Waals surface area (Å²) in [5, 5.41) is 0.954. The van der Waals surface area contributed by atoms with Crippen molar-refractivity contribution < 1.29 is 9.53 Å². The molecule has 0 spiro atoms. The van der Waals surface area contributed by atoms with Crippen LogP contribution < -0.4 is 10.6 Å². The first-order valence-electron chi connectivity index (χ1n) is 11.8. The Morgan fingerprint density at radius 3 is 2.47 bits per heavy atom. The molecule has 10 heteroatoms. The number of piperazine rings is 1. The molecule has 0 radical (unpaired) electrons. The fourth-order valence-corrected chi connectivity index (χ4v) is 5.40. The minimum atomic E-state index is -0.642. The third kappa shape index (κ3) is 5.57. The Balaban J connectivity index is 1.36. The maximum absolute atomic E-state index is 11.8. The van der Waals surface area contributed by atoms with Crippen molar-refractivity contribution in [3.8, 4) is 0 Å². The van der Waals surface area contributed by atoms with E-state index in [2.05, 4.69) is 43.7 Å². The molecule has 1 aromatic carbocycles. The lowest BCUT2D eigenvalue weighted by Gasteiger charge is -2.47. The molecule has 34 heavy (non-hydrogen) atoms. The Labute approximate surface area is 211 Å². The molecule has 0 unspecified atom stereocenters. The van der Waals surface area contributed by atoms with Crippen LogP contribution in [0.2, 0.25) is 10.2 Å². The van der Waals surface area contributed by atoms with Crippen LogP contribution in [0.4, 0.5) is 11.6 Å². The topological polar surface area (TPSA) is 87.8 Å². The standard InChI is InChI=1S/C24H32Cl2N6O2/c1-3-18-15-31(23-21(26)28-20(22(27)29-23)24(33)34-2)12-13-32(18)19-8-10-30(11-9-19)14-16-4-6-17(25)7-5-16/h4-7,18-19H,3,8-15H2,1-2H3,(H2,27,29)/t18-/m0/s1. The van der Waals surface area contributed by atoms with Crippen molar-refractivity contribution in [3.05, 3.63) is 45.7 Å². The summed E-state index contributed by atoms with van der Waals surface area (Å²) in [7, 11) is 1.28. The van der Waals surface area contributed by atoms with Gasteiger partial charge in [0.2, 0.25) is 0 Å². The number of nitrogens with two attached hydrogens (primary N) is 1. The molecule has 2 fully saturated rings. The first-order valence-corrected chi connectivity index (χ1v) is 12.5. The molecule has 0 bridgehead atoms. The lowest BCUT2D eigenvalue weighted by atomic mass is 9.98. The Morgan fingerprint density at radius 1 is 1.12 bits per heavy atom. The minimum Gasteiger partial charge on any atom is -0.464 e. The van der Waals surface area contributed by atoms with Crippen LogP contribution in [0.1, 0.15) is 42.2 Å². The van der Waals surface area contributed by atoms with E-state index >= 15 is 0 Å². The number of halogens is 2. The smallest absolute Gasteiger partial charge is 0.360 e. The van der Waals surface area contributed by atoms with E-state index in [-0.39, 0.29) is 16.7 Å². The largest absolute Gasteiger partial charge is 0.464 e. The highest BCUT2D eigenvalue weighted by Crippen LogP contribution is 2.30. The van der Waals surface area contributed by atoms with Gasteiger partial charge in [-0.3, -0.25) is 9.80 Å². The molecule has 1 atom stereocenters. The first-order chi connectivity index (χ1) is 16.4. The molecule has 184 valence electrons. The second kappa shape index (κ2) is 11.1. The Kier molecular flexibility index (Phi) is 8.14. The number of rotatable bonds is 6. The van der Waals surface area contributed by atoms with E-state index in [1.54, 1.807) is 0 Å². The van der Waals surface area contributed by atoms with E-state index in [4.69, 9.17) is 33.7 Å². The number of hydrogen-bond acceptors (Lipinski definition) is 8. The molecule has 2 aliphatic rings. The molecule has 3 heterocycles. The number of hydrogen-bond donors (Lipinski definition) is 1. The van der Waals surface area contributed by atoms with Crippen LogP contribution in [0.3, 0.4) is 0 Å². The predicted molar refractivity (Wildman–Crippen MR) is 136 cm³/mol. The highest BCUT2D eigenvalue weighted by Gasteiger charge is 2.34. The summed E-state index contributed by atoms with van der Waals surface area (Å²) < 4.78 is 4.71. The zero-order valence-corrected chi connectivity index (χ0v) is 21.2. The van der Waals surface area contributed by atoms with Gasteiger partial charge in [-0.05, 0) is 50.0 Å². The highest BCUT2D eigenvalue weighted by molar-refractivity contribution is 6.32. The van der Waals surface area contributed by atoms with Crippen molar-refractivity contribution in [1.29, 1.82) is 0 Å². The number of esters is 1. The molecule has 0 aliphatic carbocycles. The van der Waals surface area contributed by atoms with E-state index in [0.29, 0.717) is 17.9 Å². The van der Waals surface area contributed by atoms with Gasteiger partial charge >= 0.3 is 5.97 Å². The Bertz CT molecular complexity index is 998. The Morgan fingerprint density at radius 2 is 1.82 bits per heavy atom. The van der Waals surface area contributed by atoms with Crippen molar-refractivity contribution in [1.82, 2.24) is 19.8 Å². The SMILES string of the molecule is CC[C@H]1CN(c2nc(N)c(C(=O)OC)nc2Cl)CCN1C1CCN(Cc2ccc(Cl)cc2)CC1. The van der Waals surface area contributed by atoms with Crippen LogP contribution in [0, 0.1) is 0 Å². The van der Waals surface area contributed by atoms with Crippen molar-refractivity contribution in [3.63, 3.8) is 0 Å². The maximum atomic E-state index is 11.8. The van der Waals surface area contributed by atoms with Crippen LogP contribution in [-0.4, -0.2) is 77.7 Å². The number of nitrogens with zero attached hydrogens (tertiary/aromatic N) is 5. The van der Waals surface area contributed by atoms with Crippen LogP contribution in [0.25, 0.3) is 0 Å². The zero-order chi connectivity index (χ0) is 24.2. The first kappa shape index (κ1) is 25.0. The van der Waals surface area contributed by atoms with Crippen molar-refractivity contribution in [2.45, 2.75) is 44.8 Å². The molecular weight excluding hydrogens is 475 g/mol. The number of benzene rings is 1. The number of anilines is 2. The number of ether oxygens (including phenoxy) is 1. The summed E-state index contributed by atoms with van der Waals surface area (Å²) in [4.78, 5) is 27.7. The molecule has 2 aromatic rings. The van der Waals surface area contributed by atoms with Gasteiger partial charge in [0.25, 0.3) is 0 Å². The minimum absolute atomic E-state index is 0.0368. The summed E-state index contributed by atoms with van der Waals surface area (Å²) >= 11 is 12.4. The van der Waals surface area contributed by atoms with E-state index in [0.717, 1.165) is 63.6 Å². The van der Waals surface area contributed by atoms with Gasteiger partial charge in [0.1, 0.15) is 0 Å². The molecule has 2 saturated heterocycles. The predicted octanol–water partition coefficient (Wildman–Crippen LogP) is 3.72. The van der Waals surface area contributed by atoms with Gasteiger partial charge in [-0.25, -0.2) is 14.8 Å². The molecule has 2 aliphatic heterocycles. The number of piperidine rings is 1. The molecule has 8 nitrogen and oxygen atoms in total. The summed E-state index contributed by atoms with van der Waals surface area (Å²) in [6.07, 6.45) is 3.35. The Hall–Kier alpha value is -2.13. The average Bonchev–Trinajstić information content (AvgIpc) is 2.86. The number of carbonyl (C=O) groups is 1. The monoisotopic (exact) mass is 506 g/mol. The lowest BCUT2D eigenvalue weighted by Crippen LogP contribution is -2.58. The number of likely N-dealkylation sites (tertiary alicyclic amines) is 1. The zero-order valence-electron chi connectivity index (χ0n) is 19.7. The van der Waals surface area contributed by atoms with Gasteiger partial charge in [0, 0.05) is 43.3 Å². The van der Waals surface area contributed by atoms with Crippen molar-refractivity contribution in [2.75, 3.05) is 50.5 Å². The van der Waals surface area contributed by atoms with E-state index in [1.165, 1.54) is 12.7 Å². The van der Waals surface area contributed by atoms with E-state index in [9.17, 15) is 4.79 Å². The van der Waals surface area contributed by atoms with E-state index in [1.807, 2.05) is 12.1 Å². The van der Waals surface area contributed by atoms with Crippen molar-refractivity contribution >= 4 is 40.8 Å². The van der Waals surface area contributed by atoms with E-state index < -0.39 is 5.97 Å². The molecular formula is C24H32Cl2N6O2. The molecule has 2 N–H and O–H groups in total. The van der Waals surface area contributed by atoms with Crippen LogP contribution >= 0.6 is 23.2 Å². The van der Waals surface area contributed by atoms with Gasteiger partial charge in [-0.1, -0.05) is 42.3 Å². The highest BCUT2D eigenvalue weighted by atomic mass is 35.5. The van der Waals surface area contributed by atoms with Gasteiger partial charge in [-0.2, -0.15) is 0 Å². The van der Waals surface area contributed by atoms with Gasteiger partial charge in [-0.15, -0.1) is 0 Å². The quantitative estimate of drug-likeness (QED) is 0.593. The van der Waals surface area contributed by atoms with Crippen LogP contribution in [-0.2, 0) is 11.3 Å². The summed E-state index contributed by atoms with van der Waals surface area (Å²) in [5.41, 5.74) is 7.23. The molecule has 4 rings (SSSR count). The normalized spacial score (nSPS) is 20.5. The van der Waals surface area contributed by atoms with Crippen LogP contribution in [0.15, 0.2) is 24.3 Å². The summed E-state index contributed by atoms with van der Waals surface area (Å²) in [6.45, 7) is 7.88.